The highest BCUT2D eigenvalue weighted by molar-refractivity contribution is 5.95. The Kier molecular flexibility index (Phi) is 6.28. The van der Waals surface area contributed by atoms with Gasteiger partial charge in [-0.25, -0.2) is 9.97 Å². The van der Waals surface area contributed by atoms with Crippen molar-refractivity contribution in [3.63, 3.8) is 0 Å². The summed E-state index contributed by atoms with van der Waals surface area (Å²) in [5.74, 6) is 1.97. The molecule has 8 heteroatoms. The highest BCUT2D eigenvalue weighted by atomic mass is 16.3. The molecule has 1 saturated heterocycles. The van der Waals surface area contributed by atoms with Gasteiger partial charge in [0.25, 0.3) is 12.4 Å². The number of nitrogens with one attached hydrogen (secondary N) is 1. The summed E-state index contributed by atoms with van der Waals surface area (Å²) in [5.41, 5.74) is 1.01. The second-order valence-corrected chi connectivity index (χ2v) is 7.49. The Morgan fingerprint density at radius 3 is 2.61 bits per heavy atom. The molecule has 0 radical (unpaired) electrons. The van der Waals surface area contributed by atoms with Crippen molar-refractivity contribution in [2.75, 3.05) is 25.0 Å². The van der Waals surface area contributed by atoms with Crippen LogP contribution < -0.4 is 5.32 Å². The number of amides is 1. The van der Waals surface area contributed by atoms with Gasteiger partial charge in [0.05, 0.1) is 0 Å². The van der Waals surface area contributed by atoms with Crippen molar-refractivity contribution < 1.29 is 14.7 Å². The van der Waals surface area contributed by atoms with Gasteiger partial charge in [0.2, 0.25) is 0 Å². The molecule has 1 aliphatic heterocycles. The minimum absolute atomic E-state index is 0.123. The zero-order valence-electron chi connectivity index (χ0n) is 16.2. The van der Waals surface area contributed by atoms with E-state index in [2.05, 4.69) is 19.9 Å². The molecule has 0 aromatic carbocycles. The van der Waals surface area contributed by atoms with Crippen LogP contribution in [-0.4, -0.2) is 56.6 Å². The van der Waals surface area contributed by atoms with Crippen LogP contribution in [0.15, 0.2) is 30.7 Å². The molecule has 4 rings (SSSR count). The molecular weight excluding hydrogens is 358 g/mol. The van der Waals surface area contributed by atoms with Gasteiger partial charge in [-0.15, -0.1) is 0 Å². The number of pyridine rings is 1. The van der Waals surface area contributed by atoms with E-state index >= 15 is 0 Å². The number of hydrogen-bond acceptors (Lipinski definition) is 5. The highest BCUT2D eigenvalue weighted by Gasteiger charge is 2.43. The summed E-state index contributed by atoms with van der Waals surface area (Å²) in [7, 11) is 0. The average Bonchev–Trinajstić information content (AvgIpc) is 3.06. The minimum Gasteiger partial charge on any atom is -0.483 e. The number of nitrogens with zero attached hydrogens (tertiary/aromatic N) is 4. The Bertz CT molecular complexity index is 810. The number of likely N-dealkylation sites (tertiary alicyclic amines) is 1. The smallest absolute Gasteiger partial charge is 0.290 e. The van der Waals surface area contributed by atoms with Crippen LogP contribution in [0.3, 0.4) is 0 Å². The first kappa shape index (κ1) is 19.9. The van der Waals surface area contributed by atoms with Crippen LogP contribution in [0.5, 0.6) is 0 Å². The van der Waals surface area contributed by atoms with Gasteiger partial charge in [-0.05, 0) is 44.7 Å². The Labute approximate surface area is 164 Å². The molecule has 2 fully saturated rings. The maximum Gasteiger partial charge on any atom is 0.290 e. The van der Waals surface area contributed by atoms with Crippen molar-refractivity contribution in [3.05, 3.63) is 42.1 Å². The molecule has 2 N–H and O–H groups in total. The van der Waals surface area contributed by atoms with E-state index in [1.807, 2.05) is 36.4 Å². The molecule has 3 heterocycles. The number of imidazole rings is 1. The largest absolute Gasteiger partial charge is 0.483 e. The lowest BCUT2D eigenvalue weighted by Crippen LogP contribution is -2.27. The number of aromatic nitrogens is 3. The number of aryl methyl sites for hydroxylation is 1. The van der Waals surface area contributed by atoms with Crippen LogP contribution in [0.1, 0.15) is 41.9 Å². The van der Waals surface area contributed by atoms with E-state index in [1.54, 1.807) is 6.20 Å². The second kappa shape index (κ2) is 8.86. The summed E-state index contributed by atoms with van der Waals surface area (Å²) in [5, 5.41) is 10.3. The van der Waals surface area contributed by atoms with Crippen molar-refractivity contribution in [1.29, 1.82) is 0 Å². The van der Waals surface area contributed by atoms with Gasteiger partial charge in [0.1, 0.15) is 11.6 Å². The number of carboxylic acid groups (broad SMARTS) is 1. The van der Waals surface area contributed by atoms with Crippen LogP contribution in [-0.2, 0) is 11.3 Å². The predicted molar refractivity (Wildman–Crippen MR) is 105 cm³/mol. The number of carbonyl (C=O) groups excluding carboxylic acids is 1. The summed E-state index contributed by atoms with van der Waals surface area (Å²) in [6, 6.07) is 3.70. The minimum atomic E-state index is -0.250. The lowest BCUT2D eigenvalue weighted by atomic mass is 10.1. The Morgan fingerprint density at radius 1 is 1.29 bits per heavy atom. The van der Waals surface area contributed by atoms with Gasteiger partial charge in [0, 0.05) is 55.7 Å². The van der Waals surface area contributed by atoms with E-state index in [9.17, 15) is 4.79 Å². The Balaban J connectivity index is 0.000000706. The lowest BCUT2D eigenvalue weighted by Gasteiger charge is -2.19. The van der Waals surface area contributed by atoms with Gasteiger partial charge in [-0.1, -0.05) is 0 Å². The fraction of sp³-hybridized carbons (Fsp3) is 0.500. The molecule has 1 aliphatic carbocycles. The molecule has 8 nitrogen and oxygen atoms in total. The topological polar surface area (TPSA) is 100 Å². The summed E-state index contributed by atoms with van der Waals surface area (Å²) in [6.07, 6.45) is 10.3. The number of anilines is 1. The third-order valence-electron chi connectivity index (χ3n) is 5.43. The zero-order valence-corrected chi connectivity index (χ0v) is 16.2. The third kappa shape index (κ3) is 4.88. The molecule has 0 bridgehead atoms. The van der Waals surface area contributed by atoms with Crippen LogP contribution >= 0.6 is 0 Å². The Morgan fingerprint density at radius 2 is 2.00 bits per heavy atom. The summed E-state index contributed by atoms with van der Waals surface area (Å²) in [4.78, 5) is 31.5. The van der Waals surface area contributed by atoms with E-state index in [4.69, 9.17) is 9.90 Å². The quantitative estimate of drug-likeness (QED) is 0.741. The Hall–Kier alpha value is -2.90. The van der Waals surface area contributed by atoms with Crippen molar-refractivity contribution in [2.45, 2.75) is 39.2 Å². The van der Waals surface area contributed by atoms with E-state index in [0.717, 1.165) is 56.2 Å². The van der Waals surface area contributed by atoms with Crippen molar-refractivity contribution in [1.82, 2.24) is 19.4 Å². The fourth-order valence-corrected chi connectivity index (χ4v) is 3.54. The van der Waals surface area contributed by atoms with Crippen molar-refractivity contribution in [2.24, 2.45) is 5.41 Å². The molecular formula is C20H27N5O3. The maximum atomic E-state index is 12.5. The van der Waals surface area contributed by atoms with Crippen LogP contribution in [0.25, 0.3) is 0 Å². The van der Waals surface area contributed by atoms with Crippen LogP contribution in [0.4, 0.5) is 5.82 Å². The maximum absolute atomic E-state index is 12.5. The molecule has 2 aliphatic rings. The van der Waals surface area contributed by atoms with Crippen LogP contribution in [0, 0.1) is 12.3 Å². The number of carbonyl (C=O) groups is 2. The zero-order chi connectivity index (χ0) is 20.0. The lowest BCUT2D eigenvalue weighted by molar-refractivity contribution is -0.122. The number of hydrogen-bond donors (Lipinski definition) is 2. The van der Waals surface area contributed by atoms with Gasteiger partial charge in [0.15, 0.2) is 0 Å². The van der Waals surface area contributed by atoms with Gasteiger partial charge in [-0.2, -0.15) is 0 Å². The van der Waals surface area contributed by atoms with Gasteiger partial charge in [-0.3, -0.25) is 9.59 Å². The van der Waals surface area contributed by atoms with E-state index in [1.165, 1.54) is 12.8 Å². The molecule has 1 amide bonds. The summed E-state index contributed by atoms with van der Waals surface area (Å²) in [6.45, 7) is 5.39. The van der Waals surface area contributed by atoms with E-state index < -0.39 is 0 Å². The average molecular weight is 385 g/mol. The monoisotopic (exact) mass is 385 g/mol. The fourth-order valence-electron chi connectivity index (χ4n) is 3.54. The first-order valence-electron chi connectivity index (χ1n) is 9.62. The molecule has 0 spiro atoms. The summed E-state index contributed by atoms with van der Waals surface area (Å²) >= 11 is 0. The van der Waals surface area contributed by atoms with Crippen molar-refractivity contribution >= 4 is 18.2 Å². The molecule has 0 atom stereocenters. The molecule has 2 aromatic rings. The van der Waals surface area contributed by atoms with Gasteiger partial charge < -0.3 is 19.9 Å². The SMILES string of the molecule is Cc1nccn1CC1(CNc2cc(C(=O)N3CCCC3)ccn2)CC1.O=CO. The second-order valence-electron chi connectivity index (χ2n) is 7.49. The molecule has 28 heavy (non-hydrogen) atoms. The van der Waals surface area contributed by atoms with E-state index in [0.29, 0.717) is 0 Å². The van der Waals surface area contributed by atoms with Crippen LogP contribution in [0.2, 0.25) is 0 Å². The molecule has 2 aromatic heterocycles. The first-order valence-corrected chi connectivity index (χ1v) is 9.62. The van der Waals surface area contributed by atoms with Crippen molar-refractivity contribution in [3.8, 4) is 0 Å². The van der Waals surface area contributed by atoms with E-state index in [-0.39, 0.29) is 17.8 Å². The first-order chi connectivity index (χ1) is 13.6. The predicted octanol–water partition coefficient (Wildman–Crippen LogP) is 2.42. The highest BCUT2D eigenvalue weighted by Crippen LogP contribution is 2.47. The third-order valence-corrected chi connectivity index (χ3v) is 5.43. The molecule has 1 saturated carbocycles. The molecule has 150 valence electrons. The molecule has 0 unspecified atom stereocenters. The standard InChI is InChI=1S/C19H25N5O.CH2O2/c1-15-20-8-11-24(15)14-19(5-6-19)13-22-17-12-16(4-7-21-17)18(25)23-9-2-3-10-23;2-1-3/h4,7-8,11-12H,2-3,5-6,9-10,13-14H2,1H3,(H,21,22);1H,(H,2,3). The number of rotatable bonds is 6. The summed E-state index contributed by atoms with van der Waals surface area (Å²) < 4.78 is 2.22. The normalized spacial score (nSPS) is 16.8. The van der Waals surface area contributed by atoms with Gasteiger partial charge >= 0.3 is 0 Å².